The molecule has 0 unspecified atom stereocenters. The van der Waals surface area contributed by atoms with Gasteiger partial charge in [-0.2, -0.15) is 8.75 Å². The van der Waals surface area contributed by atoms with Crippen molar-refractivity contribution >= 4 is 35.1 Å². The van der Waals surface area contributed by atoms with Crippen molar-refractivity contribution in [1.82, 2.24) is 8.75 Å². The van der Waals surface area contributed by atoms with Crippen molar-refractivity contribution in [2.75, 3.05) is 6.26 Å². The summed E-state index contributed by atoms with van der Waals surface area (Å²) in [5, 5.41) is 0.411. The van der Waals surface area contributed by atoms with Gasteiger partial charge in [0, 0.05) is 0 Å². The largest absolute Gasteiger partial charge is 0.283 e. The third-order valence-electron chi connectivity index (χ3n) is 0.820. The Balaban J connectivity index is 3.28. The van der Waals surface area contributed by atoms with Crippen molar-refractivity contribution in [1.29, 1.82) is 0 Å². The van der Waals surface area contributed by atoms with Crippen molar-refractivity contribution in [2.24, 2.45) is 0 Å². The summed E-state index contributed by atoms with van der Waals surface area (Å²) < 4.78 is 7.31. The van der Waals surface area contributed by atoms with Crippen LogP contribution in [0.4, 0.5) is 0 Å². The quantitative estimate of drug-likeness (QED) is 0.632. The lowest BCUT2D eigenvalue weighted by atomic mass is 10.7. The van der Waals surface area contributed by atoms with Gasteiger partial charge in [0.05, 0.1) is 11.7 Å². The summed E-state index contributed by atoms with van der Waals surface area (Å²) in [5.41, 5.74) is -0.284. The zero-order valence-electron chi connectivity index (χ0n) is 5.00. The van der Waals surface area contributed by atoms with Crippen molar-refractivity contribution < 1.29 is 0 Å². The average molecular weight is 195 g/mol. The first-order valence-electron chi connectivity index (χ1n) is 2.32. The minimum absolute atomic E-state index is 0.00403. The summed E-state index contributed by atoms with van der Waals surface area (Å²) in [6.07, 6.45) is 1.77. The van der Waals surface area contributed by atoms with Gasteiger partial charge in [0.2, 0.25) is 5.43 Å². The van der Waals surface area contributed by atoms with E-state index in [2.05, 4.69) is 8.75 Å². The SMILES string of the molecule is CSc1nsnc(Cl)c1=O. The summed E-state index contributed by atoms with van der Waals surface area (Å²) in [5.74, 6) is 0. The van der Waals surface area contributed by atoms with Gasteiger partial charge in [0.1, 0.15) is 0 Å². The number of rotatable bonds is 1. The molecule has 1 aromatic rings. The number of halogens is 1. The average Bonchev–Trinajstić information content (AvgIpc) is 1.95. The highest BCUT2D eigenvalue weighted by atomic mass is 35.5. The zero-order valence-corrected chi connectivity index (χ0v) is 7.39. The summed E-state index contributed by atoms with van der Waals surface area (Å²) in [6.45, 7) is 0. The topological polar surface area (TPSA) is 42.9 Å². The second kappa shape index (κ2) is 3.32. The number of thioether (sulfide) groups is 1. The molecule has 0 N–H and O–H groups in total. The van der Waals surface area contributed by atoms with E-state index in [-0.39, 0.29) is 10.6 Å². The maximum absolute atomic E-state index is 10.9. The van der Waals surface area contributed by atoms with Crippen LogP contribution < -0.4 is 5.43 Å². The van der Waals surface area contributed by atoms with Crippen molar-refractivity contribution in [3.63, 3.8) is 0 Å². The van der Waals surface area contributed by atoms with Crippen LogP contribution in [-0.2, 0) is 0 Å². The van der Waals surface area contributed by atoms with Crippen LogP contribution in [0.3, 0.4) is 0 Å². The maximum atomic E-state index is 10.9. The third-order valence-corrected chi connectivity index (χ3v) is 2.48. The molecule has 1 rings (SSSR count). The highest BCUT2D eigenvalue weighted by molar-refractivity contribution is 7.98. The van der Waals surface area contributed by atoms with Gasteiger partial charge in [-0.15, -0.1) is 11.8 Å². The van der Waals surface area contributed by atoms with Gasteiger partial charge in [0.15, 0.2) is 10.2 Å². The van der Waals surface area contributed by atoms with Crippen LogP contribution in [0.25, 0.3) is 0 Å². The molecule has 0 aliphatic heterocycles. The fraction of sp³-hybridized carbons (Fsp3) is 0.250. The zero-order chi connectivity index (χ0) is 7.56. The van der Waals surface area contributed by atoms with Crippen molar-refractivity contribution in [2.45, 2.75) is 5.03 Å². The lowest BCUT2D eigenvalue weighted by molar-refractivity contribution is 1.16. The van der Waals surface area contributed by atoms with Crippen LogP contribution in [0.2, 0.25) is 5.15 Å². The molecule has 1 aromatic heterocycles. The fourth-order valence-electron chi connectivity index (χ4n) is 0.394. The molecular weight excluding hydrogens is 192 g/mol. The molecule has 0 atom stereocenters. The Labute approximate surface area is 70.8 Å². The molecule has 0 radical (unpaired) electrons. The van der Waals surface area contributed by atoms with E-state index in [9.17, 15) is 4.79 Å². The normalized spacial score (nSPS) is 9.80. The lowest BCUT2D eigenvalue weighted by Crippen LogP contribution is -2.05. The van der Waals surface area contributed by atoms with Crippen LogP contribution in [0.5, 0.6) is 0 Å². The fourth-order valence-corrected chi connectivity index (χ4v) is 1.67. The maximum Gasteiger partial charge on any atom is 0.249 e. The molecule has 1 heterocycles. The van der Waals surface area contributed by atoms with Crippen LogP contribution in [0.15, 0.2) is 9.82 Å². The monoisotopic (exact) mass is 194 g/mol. The summed E-state index contributed by atoms with van der Waals surface area (Å²) in [6, 6.07) is 0. The van der Waals surface area contributed by atoms with E-state index in [0.717, 1.165) is 11.7 Å². The first kappa shape index (κ1) is 7.97. The van der Waals surface area contributed by atoms with E-state index in [0.29, 0.717) is 5.03 Å². The van der Waals surface area contributed by atoms with Crippen molar-refractivity contribution in [3.8, 4) is 0 Å². The van der Waals surface area contributed by atoms with Gasteiger partial charge in [-0.3, -0.25) is 4.79 Å². The molecule has 54 valence electrons. The van der Waals surface area contributed by atoms with E-state index in [1.807, 2.05) is 0 Å². The Morgan fingerprint density at radius 2 is 2.30 bits per heavy atom. The molecule has 6 heteroatoms. The molecule has 0 saturated carbocycles. The third kappa shape index (κ3) is 1.47. The molecular formula is C4H3ClN2OS2. The van der Waals surface area contributed by atoms with Gasteiger partial charge < -0.3 is 0 Å². The molecule has 10 heavy (non-hydrogen) atoms. The van der Waals surface area contributed by atoms with E-state index in [4.69, 9.17) is 11.6 Å². The van der Waals surface area contributed by atoms with Crippen LogP contribution >= 0.6 is 35.1 Å². The number of hydrogen-bond acceptors (Lipinski definition) is 5. The molecule has 0 aliphatic rings. The summed E-state index contributed by atoms with van der Waals surface area (Å²) in [4.78, 5) is 10.9. The minimum atomic E-state index is -0.284. The predicted octanol–water partition coefficient (Wildman–Crippen LogP) is 1.27. The van der Waals surface area contributed by atoms with Gasteiger partial charge in [0.25, 0.3) is 0 Å². The summed E-state index contributed by atoms with van der Waals surface area (Å²) in [7, 11) is 0. The minimum Gasteiger partial charge on any atom is -0.283 e. The second-order valence-electron chi connectivity index (χ2n) is 1.39. The molecule has 0 bridgehead atoms. The predicted molar refractivity (Wildman–Crippen MR) is 43.0 cm³/mol. The van der Waals surface area contributed by atoms with E-state index in [1.54, 1.807) is 6.26 Å². The Hall–Kier alpha value is -0.130. The Morgan fingerprint density at radius 3 is 2.80 bits per heavy atom. The smallest absolute Gasteiger partial charge is 0.249 e. The van der Waals surface area contributed by atoms with Crippen LogP contribution in [-0.4, -0.2) is 15.0 Å². The van der Waals surface area contributed by atoms with Crippen LogP contribution in [0, 0.1) is 0 Å². The van der Waals surface area contributed by atoms with Crippen LogP contribution in [0.1, 0.15) is 0 Å². The molecule has 0 aromatic carbocycles. The number of nitrogens with zero attached hydrogens (tertiary/aromatic N) is 2. The standard InChI is InChI=1S/C4H3ClN2OS2/c1-9-4-2(8)3(5)6-10-7-4/h1H3. The highest BCUT2D eigenvalue weighted by Crippen LogP contribution is 2.08. The highest BCUT2D eigenvalue weighted by Gasteiger charge is 2.03. The van der Waals surface area contributed by atoms with E-state index >= 15 is 0 Å². The Morgan fingerprint density at radius 1 is 1.60 bits per heavy atom. The lowest BCUT2D eigenvalue weighted by Gasteiger charge is -1.89. The van der Waals surface area contributed by atoms with Gasteiger partial charge in [-0.25, -0.2) is 0 Å². The molecule has 3 nitrogen and oxygen atoms in total. The molecule has 0 aliphatic carbocycles. The van der Waals surface area contributed by atoms with Crippen molar-refractivity contribution in [3.05, 3.63) is 15.4 Å². The van der Waals surface area contributed by atoms with E-state index in [1.165, 1.54) is 11.8 Å². The van der Waals surface area contributed by atoms with Gasteiger partial charge in [-0.1, -0.05) is 11.6 Å². The van der Waals surface area contributed by atoms with E-state index < -0.39 is 0 Å². The summed E-state index contributed by atoms with van der Waals surface area (Å²) >= 11 is 7.64. The van der Waals surface area contributed by atoms with Gasteiger partial charge >= 0.3 is 0 Å². The molecule has 0 fully saturated rings. The Kier molecular flexibility index (Phi) is 2.64. The molecule has 0 spiro atoms. The van der Waals surface area contributed by atoms with Gasteiger partial charge in [-0.05, 0) is 6.26 Å². The number of aromatic nitrogens is 2. The first-order chi connectivity index (χ1) is 4.75. The molecule has 0 amide bonds. The number of hydrogen-bond donors (Lipinski definition) is 0. The molecule has 0 saturated heterocycles. The first-order valence-corrected chi connectivity index (χ1v) is 4.65. The second-order valence-corrected chi connectivity index (χ2v) is 3.07. The Bertz CT molecular complexity index is 287.